The van der Waals surface area contributed by atoms with Crippen LogP contribution in [-0.2, 0) is 16.1 Å². The number of rotatable bonds is 10. The maximum atomic E-state index is 12.8. The number of hydrogen-bond donors (Lipinski definition) is 1. The predicted molar refractivity (Wildman–Crippen MR) is 97.3 cm³/mol. The number of amides is 2. The fourth-order valence-electron chi connectivity index (χ4n) is 2.11. The van der Waals surface area contributed by atoms with Crippen LogP contribution in [0.4, 0.5) is 4.39 Å². The molecule has 4 nitrogen and oxygen atoms in total. The Kier molecular flexibility index (Phi) is 9.45. The minimum Gasteiger partial charge on any atom is -0.350 e. The summed E-state index contributed by atoms with van der Waals surface area (Å²) >= 11 is 1.63. The molecule has 0 aliphatic carbocycles. The first-order valence-corrected chi connectivity index (χ1v) is 9.44. The zero-order valence-corrected chi connectivity index (χ0v) is 15.5. The Morgan fingerprint density at radius 1 is 1.25 bits per heavy atom. The van der Waals surface area contributed by atoms with Crippen LogP contribution in [-0.4, -0.2) is 40.8 Å². The summed E-state index contributed by atoms with van der Waals surface area (Å²) in [7, 11) is 0. The van der Waals surface area contributed by atoms with E-state index in [1.54, 1.807) is 28.8 Å². The number of thioether (sulfide) groups is 1. The Balaban J connectivity index is 2.43. The largest absolute Gasteiger partial charge is 0.350 e. The molecule has 0 aliphatic heterocycles. The number of nitrogens with zero attached hydrogens (tertiary/aromatic N) is 1. The second-order valence-electron chi connectivity index (χ2n) is 5.62. The molecular weight excluding hydrogens is 327 g/mol. The minimum absolute atomic E-state index is 0.00413. The van der Waals surface area contributed by atoms with E-state index in [0.717, 1.165) is 24.2 Å². The molecule has 24 heavy (non-hydrogen) atoms. The Hall–Kier alpha value is -1.56. The van der Waals surface area contributed by atoms with Gasteiger partial charge in [-0.3, -0.25) is 9.59 Å². The van der Waals surface area contributed by atoms with E-state index in [9.17, 15) is 14.0 Å². The van der Waals surface area contributed by atoms with Gasteiger partial charge in [-0.05, 0) is 43.7 Å². The highest BCUT2D eigenvalue weighted by Crippen LogP contribution is 2.15. The predicted octanol–water partition coefficient (Wildman–Crippen LogP) is 3.21. The van der Waals surface area contributed by atoms with E-state index >= 15 is 0 Å². The third-order valence-electron chi connectivity index (χ3n) is 3.64. The second-order valence-corrected chi connectivity index (χ2v) is 7.07. The quantitative estimate of drug-likeness (QED) is 0.657. The standard InChI is InChI=1S/C18H27FN2O2S/c1-4-6-11-24-14(3)18(23)21(5-2)13-17(22)20-12-15-7-9-16(19)10-8-15/h7-10,14H,4-6,11-13H2,1-3H3,(H,20,22). The number of nitrogens with one attached hydrogen (secondary N) is 1. The van der Waals surface area contributed by atoms with E-state index in [1.165, 1.54) is 12.1 Å². The summed E-state index contributed by atoms with van der Waals surface area (Å²) < 4.78 is 12.8. The molecule has 1 aromatic rings. The van der Waals surface area contributed by atoms with Crippen LogP contribution in [0.3, 0.4) is 0 Å². The number of carbonyl (C=O) groups is 2. The van der Waals surface area contributed by atoms with Gasteiger partial charge in [0.2, 0.25) is 11.8 Å². The Morgan fingerprint density at radius 3 is 2.50 bits per heavy atom. The summed E-state index contributed by atoms with van der Waals surface area (Å²) in [6.07, 6.45) is 2.20. The fourth-order valence-corrected chi connectivity index (χ4v) is 3.21. The second kappa shape index (κ2) is 11.1. The van der Waals surface area contributed by atoms with Gasteiger partial charge in [-0.1, -0.05) is 25.5 Å². The summed E-state index contributed by atoms with van der Waals surface area (Å²) in [4.78, 5) is 26.0. The van der Waals surface area contributed by atoms with Gasteiger partial charge in [-0.25, -0.2) is 4.39 Å². The molecule has 0 aromatic heterocycles. The molecule has 0 bridgehead atoms. The van der Waals surface area contributed by atoms with Crippen LogP contribution in [0.2, 0.25) is 0 Å². The van der Waals surface area contributed by atoms with Crippen LogP contribution in [0.1, 0.15) is 39.2 Å². The molecule has 1 unspecified atom stereocenters. The van der Waals surface area contributed by atoms with Crippen molar-refractivity contribution in [3.05, 3.63) is 35.6 Å². The summed E-state index contributed by atoms with van der Waals surface area (Å²) in [5, 5.41) is 2.63. The van der Waals surface area contributed by atoms with Gasteiger partial charge >= 0.3 is 0 Å². The summed E-state index contributed by atoms with van der Waals surface area (Å²) in [5.74, 6) is 0.441. The van der Waals surface area contributed by atoms with Crippen molar-refractivity contribution in [3.8, 4) is 0 Å². The summed E-state index contributed by atoms with van der Waals surface area (Å²) in [6, 6.07) is 5.98. The van der Waals surface area contributed by atoms with Crippen LogP contribution >= 0.6 is 11.8 Å². The van der Waals surface area contributed by atoms with Crippen molar-refractivity contribution < 1.29 is 14.0 Å². The van der Waals surface area contributed by atoms with Gasteiger partial charge in [0.25, 0.3) is 0 Å². The third kappa shape index (κ3) is 7.34. The van der Waals surface area contributed by atoms with Crippen LogP contribution in [0.15, 0.2) is 24.3 Å². The lowest BCUT2D eigenvalue weighted by Gasteiger charge is -2.23. The van der Waals surface area contributed by atoms with Gasteiger partial charge in [-0.15, -0.1) is 11.8 Å². The fraction of sp³-hybridized carbons (Fsp3) is 0.556. The molecule has 0 radical (unpaired) electrons. The van der Waals surface area contributed by atoms with Crippen LogP contribution in [0.5, 0.6) is 0 Å². The molecule has 0 fully saturated rings. The number of halogens is 1. The van der Waals surface area contributed by atoms with Gasteiger partial charge in [0.1, 0.15) is 5.82 Å². The van der Waals surface area contributed by atoms with Crippen molar-refractivity contribution in [1.82, 2.24) is 10.2 Å². The summed E-state index contributed by atoms with van der Waals surface area (Å²) in [5.41, 5.74) is 0.822. The first-order valence-electron chi connectivity index (χ1n) is 8.39. The van der Waals surface area contributed by atoms with Crippen molar-refractivity contribution in [1.29, 1.82) is 0 Å². The molecule has 1 N–H and O–H groups in total. The highest BCUT2D eigenvalue weighted by molar-refractivity contribution is 8.00. The lowest BCUT2D eigenvalue weighted by atomic mass is 10.2. The molecule has 134 valence electrons. The van der Waals surface area contributed by atoms with Gasteiger partial charge in [0.05, 0.1) is 11.8 Å². The van der Waals surface area contributed by atoms with Crippen molar-refractivity contribution in [2.45, 2.75) is 45.4 Å². The highest BCUT2D eigenvalue weighted by atomic mass is 32.2. The van der Waals surface area contributed by atoms with Crippen LogP contribution in [0.25, 0.3) is 0 Å². The number of unbranched alkanes of at least 4 members (excludes halogenated alkanes) is 1. The lowest BCUT2D eigenvalue weighted by Crippen LogP contribution is -2.43. The number of hydrogen-bond acceptors (Lipinski definition) is 3. The van der Waals surface area contributed by atoms with Gasteiger partial charge < -0.3 is 10.2 Å². The van der Waals surface area contributed by atoms with E-state index in [0.29, 0.717) is 13.1 Å². The zero-order valence-electron chi connectivity index (χ0n) is 14.7. The SMILES string of the molecule is CCCCSC(C)C(=O)N(CC)CC(=O)NCc1ccc(F)cc1. The van der Waals surface area contributed by atoms with Crippen molar-refractivity contribution >= 4 is 23.6 Å². The van der Waals surface area contributed by atoms with Crippen LogP contribution in [0, 0.1) is 5.82 Å². The van der Waals surface area contributed by atoms with Gasteiger partial charge in [0.15, 0.2) is 0 Å². The highest BCUT2D eigenvalue weighted by Gasteiger charge is 2.21. The number of benzene rings is 1. The van der Waals surface area contributed by atoms with E-state index in [-0.39, 0.29) is 29.4 Å². The van der Waals surface area contributed by atoms with Crippen molar-refractivity contribution in [2.24, 2.45) is 0 Å². The normalized spacial score (nSPS) is 11.8. The Labute approximate surface area is 148 Å². The monoisotopic (exact) mass is 354 g/mol. The van der Waals surface area contributed by atoms with Crippen molar-refractivity contribution in [2.75, 3.05) is 18.8 Å². The average molecular weight is 354 g/mol. The number of likely N-dealkylation sites (N-methyl/N-ethyl adjacent to an activating group) is 1. The molecule has 0 heterocycles. The average Bonchev–Trinajstić information content (AvgIpc) is 2.58. The smallest absolute Gasteiger partial charge is 0.239 e. The van der Waals surface area contributed by atoms with E-state index in [1.807, 2.05) is 13.8 Å². The maximum absolute atomic E-state index is 12.8. The zero-order chi connectivity index (χ0) is 17.9. The Bertz CT molecular complexity index is 522. The van der Waals surface area contributed by atoms with Crippen LogP contribution < -0.4 is 5.32 Å². The molecule has 1 aromatic carbocycles. The third-order valence-corrected chi connectivity index (χ3v) is 4.87. The van der Waals surface area contributed by atoms with E-state index in [4.69, 9.17) is 0 Å². The first kappa shape index (κ1) is 20.5. The first-order chi connectivity index (χ1) is 11.5. The molecule has 0 aliphatic rings. The molecule has 0 saturated carbocycles. The number of carbonyl (C=O) groups excluding carboxylic acids is 2. The summed E-state index contributed by atoms with van der Waals surface area (Å²) in [6.45, 7) is 6.76. The van der Waals surface area contributed by atoms with Crippen molar-refractivity contribution in [3.63, 3.8) is 0 Å². The topological polar surface area (TPSA) is 49.4 Å². The molecule has 6 heteroatoms. The molecule has 0 saturated heterocycles. The molecule has 1 atom stereocenters. The molecule has 0 spiro atoms. The minimum atomic E-state index is -0.303. The van der Waals surface area contributed by atoms with E-state index in [2.05, 4.69) is 12.2 Å². The lowest BCUT2D eigenvalue weighted by molar-refractivity contribution is -0.135. The van der Waals surface area contributed by atoms with E-state index < -0.39 is 0 Å². The molecular formula is C18H27FN2O2S. The molecule has 2 amide bonds. The van der Waals surface area contributed by atoms with Gasteiger partial charge in [0, 0.05) is 13.1 Å². The van der Waals surface area contributed by atoms with Gasteiger partial charge in [-0.2, -0.15) is 0 Å². The maximum Gasteiger partial charge on any atom is 0.239 e. The molecule has 1 rings (SSSR count). The Morgan fingerprint density at radius 2 is 1.92 bits per heavy atom.